The summed E-state index contributed by atoms with van der Waals surface area (Å²) in [7, 11) is 0. The summed E-state index contributed by atoms with van der Waals surface area (Å²) in [5.74, 6) is 6.08. The average molecular weight is 324 g/mol. The number of rotatable bonds is 3. The van der Waals surface area contributed by atoms with Crippen molar-refractivity contribution in [1.82, 2.24) is 9.58 Å². The van der Waals surface area contributed by atoms with Crippen molar-refractivity contribution in [1.29, 1.82) is 5.26 Å². The number of nitrogens with two attached hydrogens (primary N) is 1. The highest BCUT2D eigenvalue weighted by atomic mass is 16.6. The lowest BCUT2D eigenvalue weighted by Crippen LogP contribution is -2.40. The van der Waals surface area contributed by atoms with E-state index in [1.54, 1.807) is 11.0 Å². The van der Waals surface area contributed by atoms with Gasteiger partial charge in [-0.1, -0.05) is 30.3 Å². The minimum absolute atomic E-state index is 0.120. The quantitative estimate of drug-likeness (QED) is 0.880. The molecule has 24 heavy (non-hydrogen) atoms. The smallest absolute Gasteiger partial charge is 0.410 e. The van der Waals surface area contributed by atoms with Crippen LogP contribution in [0, 0.1) is 11.3 Å². The minimum atomic E-state index is -0.306. The molecule has 2 N–H and O–H groups in total. The van der Waals surface area contributed by atoms with E-state index >= 15 is 0 Å². The number of ether oxygens (including phenoxy) is 1. The number of carbonyl (C=O) groups excluding carboxylic acids is 1. The van der Waals surface area contributed by atoms with Crippen LogP contribution in [0.5, 0.6) is 0 Å². The molecular formula is C18H20N4O2. The lowest BCUT2D eigenvalue weighted by Gasteiger charge is -2.32. The number of benzene rings is 1. The van der Waals surface area contributed by atoms with Crippen LogP contribution in [-0.2, 0) is 11.3 Å². The van der Waals surface area contributed by atoms with Crippen LogP contribution in [0.2, 0.25) is 0 Å². The average Bonchev–Trinajstić information content (AvgIpc) is 3.01. The van der Waals surface area contributed by atoms with E-state index in [0.717, 1.165) is 24.1 Å². The first-order valence-corrected chi connectivity index (χ1v) is 8.01. The molecule has 124 valence electrons. The first kappa shape index (κ1) is 15.9. The lowest BCUT2D eigenvalue weighted by molar-refractivity contribution is 0.0854. The summed E-state index contributed by atoms with van der Waals surface area (Å²) in [4.78, 5) is 14.0. The number of nitrogens with zero attached hydrogens (tertiary/aromatic N) is 3. The third-order valence-corrected chi connectivity index (χ3v) is 4.37. The second-order valence-corrected chi connectivity index (χ2v) is 5.95. The third-order valence-electron chi connectivity index (χ3n) is 4.37. The zero-order valence-electron chi connectivity index (χ0n) is 13.4. The van der Waals surface area contributed by atoms with Crippen LogP contribution in [0.15, 0.2) is 42.5 Å². The van der Waals surface area contributed by atoms with Gasteiger partial charge in [0, 0.05) is 24.7 Å². The summed E-state index contributed by atoms with van der Waals surface area (Å²) >= 11 is 0. The van der Waals surface area contributed by atoms with Crippen LogP contribution in [0.25, 0.3) is 0 Å². The zero-order chi connectivity index (χ0) is 16.9. The Morgan fingerprint density at radius 1 is 1.29 bits per heavy atom. The van der Waals surface area contributed by atoms with Crippen LogP contribution < -0.4 is 5.84 Å². The Bertz CT molecular complexity index is 748. The number of amides is 1. The number of carbonyl (C=O) groups is 1. The van der Waals surface area contributed by atoms with Crippen molar-refractivity contribution < 1.29 is 9.53 Å². The predicted molar refractivity (Wildman–Crippen MR) is 89.5 cm³/mol. The Labute approximate surface area is 141 Å². The van der Waals surface area contributed by atoms with Gasteiger partial charge in [0.25, 0.3) is 0 Å². The van der Waals surface area contributed by atoms with Crippen molar-refractivity contribution >= 4 is 6.09 Å². The molecule has 1 saturated heterocycles. The van der Waals surface area contributed by atoms with Gasteiger partial charge in [0.15, 0.2) is 0 Å². The molecule has 0 bridgehead atoms. The van der Waals surface area contributed by atoms with Crippen molar-refractivity contribution in [3.05, 3.63) is 59.4 Å². The fourth-order valence-corrected chi connectivity index (χ4v) is 3.08. The standard InChI is InChI=1S/C18H20N4O2/c19-11-16-8-9-17(22(16)20)15-7-4-10-21(12-15)18(23)24-13-14-5-2-1-3-6-14/h1-3,5-6,8-9,15H,4,7,10,12-13,20H2. The van der Waals surface area contributed by atoms with Crippen molar-refractivity contribution in [2.24, 2.45) is 0 Å². The molecule has 1 aliphatic rings. The second-order valence-electron chi connectivity index (χ2n) is 5.95. The third kappa shape index (κ3) is 3.35. The molecule has 0 aliphatic carbocycles. The maximum Gasteiger partial charge on any atom is 0.410 e. The van der Waals surface area contributed by atoms with Gasteiger partial charge in [0.05, 0.1) is 0 Å². The van der Waals surface area contributed by atoms with Crippen LogP contribution in [0.4, 0.5) is 4.79 Å². The maximum atomic E-state index is 12.3. The van der Waals surface area contributed by atoms with Gasteiger partial charge < -0.3 is 15.5 Å². The topological polar surface area (TPSA) is 84.3 Å². The van der Waals surface area contributed by atoms with E-state index < -0.39 is 0 Å². The largest absolute Gasteiger partial charge is 0.445 e. The number of nitriles is 1. The van der Waals surface area contributed by atoms with E-state index in [1.807, 2.05) is 36.4 Å². The molecule has 1 aromatic heterocycles. The van der Waals surface area contributed by atoms with Gasteiger partial charge in [0.2, 0.25) is 0 Å². The van der Waals surface area contributed by atoms with E-state index in [2.05, 4.69) is 6.07 Å². The van der Waals surface area contributed by atoms with Gasteiger partial charge in [-0.25, -0.2) is 4.79 Å². The number of hydrogen-bond donors (Lipinski definition) is 1. The van der Waals surface area contributed by atoms with Gasteiger partial charge in [-0.15, -0.1) is 0 Å². The van der Waals surface area contributed by atoms with E-state index in [-0.39, 0.29) is 18.6 Å². The fraction of sp³-hybridized carbons (Fsp3) is 0.333. The molecule has 1 aromatic carbocycles. The van der Waals surface area contributed by atoms with E-state index in [9.17, 15) is 4.79 Å². The van der Waals surface area contributed by atoms with Gasteiger partial charge in [-0.05, 0) is 30.5 Å². The van der Waals surface area contributed by atoms with Gasteiger partial charge in [-0.2, -0.15) is 5.26 Å². The number of hydrogen-bond acceptors (Lipinski definition) is 4. The number of nitrogen functional groups attached to an aromatic ring is 1. The molecule has 2 heterocycles. The minimum Gasteiger partial charge on any atom is -0.445 e. The van der Waals surface area contributed by atoms with Crippen molar-refractivity contribution in [3.63, 3.8) is 0 Å². The summed E-state index contributed by atoms with van der Waals surface area (Å²) in [6.45, 7) is 1.51. The molecule has 0 radical (unpaired) electrons. The molecule has 1 amide bonds. The monoisotopic (exact) mass is 324 g/mol. The van der Waals surface area contributed by atoms with Crippen molar-refractivity contribution in [3.8, 4) is 6.07 Å². The van der Waals surface area contributed by atoms with E-state index in [0.29, 0.717) is 18.8 Å². The molecule has 1 atom stereocenters. The Morgan fingerprint density at radius 2 is 2.08 bits per heavy atom. The predicted octanol–water partition coefficient (Wildman–Crippen LogP) is 2.59. The normalized spacial score (nSPS) is 17.3. The molecule has 6 nitrogen and oxygen atoms in total. The van der Waals surface area contributed by atoms with Crippen LogP contribution in [0.1, 0.15) is 35.7 Å². The SMILES string of the molecule is N#Cc1ccc(C2CCCN(C(=O)OCc3ccccc3)C2)n1N. The number of piperidine rings is 1. The molecule has 6 heteroatoms. The van der Waals surface area contributed by atoms with Gasteiger partial charge >= 0.3 is 6.09 Å². The Balaban J connectivity index is 1.61. The van der Waals surface area contributed by atoms with Crippen LogP contribution >= 0.6 is 0 Å². The van der Waals surface area contributed by atoms with Gasteiger partial charge in [0.1, 0.15) is 18.4 Å². The van der Waals surface area contributed by atoms with Crippen LogP contribution in [-0.4, -0.2) is 28.8 Å². The highest BCUT2D eigenvalue weighted by molar-refractivity contribution is 5.67. The maximum absolute atomic E-state index is 12.3. The summed E-state index contributed by atoms with van der Waals surface area (Å²) in [5.41, 5.74) is 2.27. The fourth-order valence-electron chi connectivity index (χ4n) is 3.08. The number of aromatic nitrogens is 1. The first-order valence-electron chi connectivity index (χ1n) is 8.01. The molecule has 3 rings (SSSR count). The summed E-state index contributed by atoms with van der Waals surface area (Å²) < 4.78 is 6.83. The lowest BCUT2D eigenvalue weighted by atomic mass is 9.95. The second kappa shape index (κ2) is 7.09. The molecule has 0 saturated carbocycles. The Morgan fingerprint density at radius 3 is 2.79 bits per heavy atom. The Kier molecular flexibility index (Phi) is 4.71. The highest BCUT2D eigenvalue weighted by Gasteiger charge is 2.27. The van der Waals surface area contributed by atoms with E-state index in [4.69, 9.17) is 15.8 Å². The molecule has 1 aliphatic heterocycles. The van der Waals surface area contributed by atoms with Crippen molar-refractivity contribution in [2.45, 2.75) is 25.4 Å². The molecule has 1 unspecified atom stereocenters. The summed E-state index contributed by atoms with van der Waals surface area (Å²) in [6.07, 6.45) is 1.52. The molecule has 0 spiro atoms. The summed E-state index contributed by atoms with van der Waals surface area (Å²) in [5, 5.41) is 9.01. The zero-order valence-corrected chi connectivity index (χ0v) is 13.4. The summed E-state index contributed by atoms with van der Waals surface area (Å²) in [6, 6.07) is 15.3. The van der Waals surface area contributed by atoms with Crippen molar-refractivity contribution in [2.75, 3.05) is 18.9 Å². The van der Waals surface area contributed by atoms with Crippen LogP contribution in [0.3, 0.4) is 0 Å². The highest BCUT2D eigenvalue weighted by Crippen LogP contribution is 2.27. The first-order chi connectivity index (χ1) is 11.7. The molecular weight excluding hydrogens is 304 g/mol. The van der Waals surface area contributed by atoms with Gasteiger partial charge in [-0.3, -0.25) is 4.68 Å². The van der Waals surface area contributed by atoms with E-state index in [1.165, 1.54) is 4.68 Å². The molecule has 1 fully saturated rings. The number of likely N-dealkylation sites (tertiary alicyclic amines) is 1. The Hall–Kier alpha value is -2.94. The molecule has 2 aromatic rings.